The number of hydrogen-bond donors (Lipinski definition) is 1. The number of nitrogens with zero attached hydrogens (tertiary/aromatic N) is 1. The van der Waals surface area contributed by atoms with Crippen LogP contribution in [0.1, 0.15) is 31.4 Å². The second-order valence-electron chi connectivity index (χ2n) is 5.12. The maximum absolute atomic E-state index is 5.77. The number of hydrogen-bond acceptors (Lipinski definition) is 4. The lowest BCUT2D eigenvalue weighted by Crippen LogP contribution is -2.34. The Morgan fingerprint density at radius 2 is 2.10 bits per heavy atom. The van der Waals surface area contributed by atoms with Crippen molar-refractivity contribution >= 4 is 17.2 Å². The standard InChI is InChI=1S/C16H26N2O2S/c1-5-12(2)18(8-9-19-3)11-13-6-7-15(20-4)14(10-13)16(17)21/h6-7,10,12H,5,8-9,11H2,1-4H3,(H2,17,21). The molecule has 1 atom stereocenters. The smallest absolute Gasteiger partial charge is 0.129 e. The first-order chi connectivity index (χ1) is 10.0. The van der Waals surface area contributed by atoms with Crippen molar-refractivity contribution in [3.8, 4) is 5.75 Å². The Kier molecular flexibility index (Phi) is 7.64. The Hall–Kier alpha value is -1.17. The molecule has 1 unspecified atom stereocenters. The Balaban J connectivity index is 2.92. The SMILES string of the molecule is CCC(C)N(CCOC)Cc1ccc(OC)c(C(N)=S)c1. The molecule has 0 saturated heterocycles. The second-order valence-corrected chi connectivity index (χ2v) is 5.56. The Labute approximate surface area is 133 Å². The van der Waals surface area contributed by atoms with E-state index in [0.29, 0.717) is 11.0 Å². The third-order valence-electron chi connectivity index (χ3n) is 3.71. The van der Waals surface area contributed by atoms with Crippen LogP contribution in [0.2, 0.25) is 0 Å². The van der Waals surface area contributed by atoms with E-state index >= 15 is 0 Å². The quantitative estimate of drug-likeness (QED) is 0.710. The van der Waals surface area contributed by atoms with Crippen LogP contribution in [0.5, 0.6) is 5.75 Å². The Morgan fingerprint density at radius 1 is 1.38 bits per heavy atom. The lowest BCUT2D eigenvalue weighted by molar-refractivity contribution is 0.118. The number of thiocarbonyl (C=S) groups is 1. The van der Waals surface area contributed by atoms with Gasteiger partial charge in [0.25, 0.3) is 0 Å². The molecule has 0 amide bonds. The van der Waals surface area contributed by atoms with E-state index in [4.69, 9.17) is 27.4 Å². The molecule has 0 heterocycles. The molecular weight excluding hydrogens is 284 g/mol. The number of nitrogens with two attached hydrogens (primary N) is 1. The number of benzene rings is 1. The summed E-state index contributed by atoms with van der Waals surface area (Å²) in [6.07, 6.45) is 1.10. The zero-order valence-electron chi connectivity index (χ0n) is 13.4. The third-order valence-corrected chi connectivity index (χ3v) is 3.93. The first-order valence-electron chi connectivity index (χ1n) is 7.23. The van der Waals surface area contributed by atoms with E-state index in [1.165, 1.54) is 5.56 Å². The fourth-order valence-corrected chi connectivity index (χ4v) is 2.36. The van der Waals surface area contributed by atoms with Gasteiger partial charge in [0.05, 0.1) is 19.3 Å². The van der Waals surface area contributed by atoms with Crippen molar-refractivity contribution in [2.75, 3.05) is 27.4 Å². The number of methoxy groups -OCH3 is 2. The van der Waals surface area contributed by atoms with E-state index in [9.17, 15) is 0 Å². The average molecular weight is 310 g/mol. The van der Waals surface area contributed by atoms with E-state index in [-0.39, 0.29) is 0 Å². The van der Waals surface area contributed by atoms with Gasteiger partial charge in [-0.25, -0.2) is 0 Å². The fourth-order valence-electron chi connectivity index (χ4n) is 2.20. The van der Waals surface area contributed by atoms with Crippen molar-refractivity contribution in [2.45, 2.75) is 32.9 Å². The molecule has 0 radical (unpaired) electrons. The van der Waals surface area contributed by atoms with E-state index in [2.05, 4.69) is 24.8 Å². The highest BCUT2D eigenvalue weighted by atomic mass is 32.1. The topological polar surface area (TPSA) is 47.7 Å². The van der Waals surface area contributed by atoms with Crippen molar-refractivity contribution in [2.24, 2.45) is 5.73 Å². The Morgan fingerprint density at radius 3 is 2.62 bits per heavy atom. The third kappa shape index (κ3) is 5.26. The van der Waals surface area contributed by atoms with Crippen LogP contribution in [0.15, 0.2) is 18.2 Å². The summed E-state index contributed by atoms with van der Waals surface area (Å²) in [5.41, 5.74) is 7.74. The van der Waals surface area contributed by atoms with Gasteiger partial charge < -0.3 is 15.2 Å². The summed E-state index contributed by atoms with van der Waals surface area (Å²) in [6, 6.07) is 6.50. The summed E-state index contributed by atoms with van der Waals surface area (Å²) < 4.78 is 10.5. The molecule has 0 bridgehead atoms. The zero-order chi connectivity index (χ0) is 15.8. The molecule has 21 heavy (non-hydrogen) atoms. The van der Waals surface area contributed by atoms with Crippen LogP contribution >= 0.6 is 12.2 Å². The van der Waals surface area contributed by atoms with Crippen LogP contribution in [0.25, 0.3) is 0 Å². The van der Waals surface area contributed by atoms with Crippen molar-refractivity contribution < 1.29 is 9.47 Å². The lowest BCUT2D eigenvalue weighted by atomic mass is 10.1. The van der Waals surface area contributed by atoms with Gasteiger partial charge in [-0.2, -0.15) is 0 Å². The van der Waals surface area contributed by atoms with E-state index in [1.54, 1.807) is 14.2 Å². The van der Waals surface area contributed by atoms with Gasteiger partial charge in [-0.3, -0.25) is 4.90 Å². The first-order valence-corrected chi connectivity index (χ1v) is 7.64. The van der Waals surface area contributed by atoms with Gasteiger partial charge in [-0.05, 0) is 31.0 Å². The first kappa shape index (κ1) is 17.9. The average Bonchev–Trinajstić information content (AvgIpc) is 2.50. The molecule has 0 aliphatic heterocycles. The molecule has 0 aromatic heterocycles. The molecule has 1 rings (SSSR count). The van der Waals surface area contributed by atoms with Gasteiger partial charge in [-0.15, -0.1) is 0 Å². The van der Waals surface area contributed by atoms with E-state index < -0.39 is 0 Å². The molecule has 1 aromatic rings. The van der Waals surface area contributed by atoms with Crippen LogP contribution in [-0.4, -0.2) is 43.3 Å². The van der Waals surface area contributed by atoms with Gasteiger partial charge in [0.2, 0.25) is 0 Å². The van der Waals surface area contributed by atoms with Gasteiger partial charge >= 0.3 is 0 Å². The summed E-state index contributed by atoms with van der Waals surface area (Å²) in [5.74, 6) is 0.721. The second kappa shape index (κ2) is 8.97. The molecule has 0 saturated carbocycles. The summed E-state index contributed by atoms with van der Waals surface area (Å²) >= 11 is 5.10. The fraction of sp³-hybridized carbons (Fsp3) is 0.562. The zero-order valence-corrected chi connectivity index (χ0v) is 14.2. The highest BCUT2D eigenvalue weighted by Crippen LogP contribution is 2.21. The largest absolute Gasteiger partial charge is 0.496 e. The molecule has 2 N–H and O–H groups in total. The van der Waals surface area contributed by atoms with Gasteiger partial charge in [0.1, 0.15) is 10.7 Å². The minimum absolute atomic E-state index is 0.362. The van der Waals surface area contributed by atoms with Gasteiger partial charge in [0.15, 0.2) is 0 Å². The molecule has 0 spiro atoms. The number of ether oxygens (including phenoxy) is 2. The monoisotopic (exact) mass is 310 g/mol. The summed E-state index contributed by atoms with van der Waals surface area (Å²) in [6.45, 7) is 6.90. The molecule has 0 fully saturated rings. The van der Waals surface area contributed by atoms with Crippen LogP contribution in [-0.2, 0) is 11.3 Å². The molecule has 118 valence electrons. The molecule has 5 heteroatoms. The predicted molar refractivity (Wildman–Crippen MR) is 90.9 cm³/mol. The molecule has 0 aliphatic carbocycles. The maximum atomic E-state index is 5.77. The van der Waals surface area contributed by atoms with Crippen molar-refractivity contribution in [3.63, 3.8) is 0 Å². The Bertz CT molecular complexity index is 466. The minimum Gasteiger partial charge on any atom is -0.496 e. The highest BCUT2D eigenvalue weighted by molar-refractivity contribution is 7.80. The van der Waals surface area contributed by atoms with Gasteiger partial charge in [-0.1, -0.05) is 25.2 Å². The van der Waals surface area contributed by atoms with Gasteiger partial charge in [0, 0.05) is 26.2 Å². The normalized spacial score (nSPS) is 12.4. The molecule has 0 aliphatic rings. The minimum atomic E-state index is 0.362. The summed E-state index contributed by atoms with van der Waals surface area (Å²) in [7, 11) is 3.36. The van der Waals surface area contributed by atoms with Crippen LogP contribution in [0.3, 0.4) is 0 Å². The number of rotatable bonds is 9. The summed E-state index contributed by atoms with van der Waals surface area (Å²) in [4.78, 5) is 2.76. The van der Waals surface area contributed by atoms with Crippen molar-refractivity contribution in [1.29, 1.82) is 0 Å². The van der Waals surface area contributed by atoms with Crippen LogP contribution in [0.4, 0.5) is 0 Å². The highest BCUT2D eigenvalue weighted by Gasteiger charge is 2.14. The predicted octanol–water partition coefficient (Wildman–Crippen LogP) is 2.58. The van der Waals surface area contributed by atoms with Crippen LogP contribution < -0.4 is 10.5 Å². The van der Waals surface area contributed by atoms with Crippen molar-refractivity contribution in [1.82, 2.24) is 4.90 Å². The van der Waals surface area contributed by atoms with Crippen molar-refractivity contribution in [3.05, 3.63) is 29.3 Å². The molecular formula is C16H26N2O2S. The summed E-state index contributed by atoms with van der Waals surface area (Å²) in [5, 5.41) is 0. The van der Waals surface area contributed by atoms with E-state index in [0.717, 1.165) is 37.4 Å². The molecule has 4 nitrogen and oxygen atoms in total. The maximum Gasteiger partial charge on any atom is 0.129 e. The van der Waals surface area contributed by atoms with E-state index in [1.807, 2.05) is 12.1 Å². The molecule has 1 aromatic carbocycles. The lowest BCUT2D eigenvalue weighted by Gasteiger charge is -2.28. The van der Waals surface area contributed by atoms with Crippen LogP contribution in [0, 0.1) is 0 Å².